The first-order chi connectivity index (χ1) is 9.54. The number of benzene rings is 1. The molecule has 0 radical (unpaired) electrons. The van der Waals surface area contributed by atoms with Crippen molar-refractivity contribution in [3.8, 4) is 0 Å². The van der Waals surface area contributed by atoms with Crippen molar-refractivity contribution < 1.29 is 8.78 Å². The second-order valence-corrected chi connectivity index (χ2v) is 5.70. The first-order valence-electron chi connectivity index (χ1n) is 7.42. The number of rotatable bonds is 5. The molecule has 1 aliphatic rings. The Kier molecular flexibility index (Phi) is 5.11. The molecular weight excluding hydrogens is 258 g/mol. The quantitative estimate of drug-likeness (QED) is 0.893. The zero-order valence-corrected chi connectivity index (χ0v) is 12.3. The van der Waals surface area contributed by atoms with Gasteiger partial charge in [-0.25, -0.2) is 0 Å². The Morgan fingerprint density at radius 1 is 1.35 bits per heavy atom. The fraction of sp³-hybridized carbons (Fsp3) is 0.625. The van der Waals surface area contributed by atoms with Crippen LogP contribution in [-0.4, -0.2) is 37.1 Å². The molecule has 0 saturated carbocycles. The van der Waals surface area contributed by atoms with E-state index in [1.54, 1.807) is 18.2 Å². The van der Waals surface area contributed by atoms with Gasteiger partial charge in [0.2, 0.25) is 0 Å². The highest BCUT2D eigenvalue weighted by molar-refractivity contribution is 5.20. The van der Waals surface area contributed by atoms with Crippen molar-refractivity contribution in [3.63, 3.8) is 0 Å². The lowest BCUT2D eigenvalue weighted by atomic mass is 9.95. The largest absolute Gasteiger partial charge is 0.314 e. The van der Waals surface area contributed by atoms with Crippen LogP contribution < -0.4 is 5.32 Å². The SMILES string of the molecule is CCC(C)C1CNCCN1CC(F)(F)c1ccccc1. The van der Waals surface area contributed by atoms with Crippen molar-refractivity contribution >= 4 is 0 Å². The average Bonchev–Trinajstić information content (AvgIpc) is 2.47. The van der Waals surface area contributed by atoms with Crippen molar-refractivity contribution in [1.29, 1.82) is 0 Å². The van der Waals surface area contributed by atoms with Crippen LogP contribution in [0.3, 0.4) is 0 Å². The van der Waals surface area contributed by atoms with Crippen LogP contribution in [0.2, 0.25) is 0 Å². The summed E-state index contributed by atoms with van der Waals surface area (Å²) in [5.41, 5.74) is 0.112. The third-order valence-electron chi connectivity index (χ3n) is 4.30. The summed E-state index contributed by atoms with van der Waals surface area (Å²) >= 11 is 0. The molecule has 0 bridgehead atoms. The first-order valence-corrected chi connectivity index (χ1v) is 7.42. The zero-order valence-electron chi connectivity index (χ0n) is 12.3. The molecule has 1 N–H and O–H groups in total. The molecule has 0 aliphatic carbocycles. The Morgan fingerprint density at radius 3 is 2.70 bits per heavy atom. The van der Waals surface area contributed by atoms with Crippen LogP contribution in [0, 0.1) is 5.92 Å². The first kappa shape index (κ1) is 15.4. The molecule has 2 nitrogen and oxygen atoms in total. The van der Waals surface area contributed by atoms with Gasteiger partial charge in [0.1, 0.15) is 0 Å². The van der Waals surface area contributed by atoms with Crippen LogP contribution in [0.1, 0.15) is 25.8 Å². The lowest BCUT2D eigenvalue weighted by molar-refractivity contribution is -0.0582. The van der Waals surface area contributed by atoms with Gasteiger partial charge in [0.25, 0.3) is 5.92 Å². The zero-order chi connectivity index (χ0) is 14.6. The number of nitrogens with one attached hydrogen (secondary N) is 1. The van der Waals surface area contributed by atoms with E-state index in [9.17, 15) is 8.78 Å². The molecule has 1 saturated heterocycles. The third kappa shape index (κ3) is 3.55. The van der Waals surface area contributed by atoms with Crippen molar-refractivity contribution in [2.24, 2.45) is 5.92 Å². The highest BCUT2D eigenvalue weighted by atomic mass is 19.3. The van der Waals surface area contributed by atoms with Gasteiger partial charge in [-0.05, 0) is 5.92 Å². The van der Waals surface area contributed by atoms with E-state index >= 15 is 0 Å². The van der Waals surface area contributed by atoms with Gasteiger partial charge in [0.15, 0.2) is 0 Å². The number of alkyl halides is 2. The highest BCUT2D eigenvalue weighted by Crippen LogP contribution is 2.30. The average molecular weight is 282 g/mol. The Morgan fingerprint density at radius 2 is 2.05 bits per heavy atom. The topological polar surface area (TPSA) is 15.3 Å². The minimum absolute atomic E-state index is 0.112. The molecule has 4 heteroatoms. The molecule has 112 valence electrons. The van der Waals surface area contributed by atoms with E-state index < -0.39 is 5.92 Å². The van der Waals surface area contributed by atoms with E-state index in [0.717, 1.165) is 19.5 Å². The van der Waals surface area contributed by atoms with Crippen molar-refractivity contribution in [1.82, 2.24) is 10.2 Å². The number of nitrogens with zero attached hydrogens (tertiary/aromatic N) is 1. The van der Waals surface area contributed by atoms with Crippen LogP contribution in [0.5, 0.6) is 0 Å². The van der Waals surface area contributed by atoms with Gasteiger partial charge in [0, 0.05) is 31.2 Å². The van der Waals surface area contributed by atoms with Crippen LogP contribution in [-0.2, 0) is 5.92 Å². The summed E-state index contributed by atoms with van der Waals surface area (Å²) in [6, 6.07) is 8.34. The molecule has 2 atom stereocenters. The summed E-state index contributed by atoms with van der Waals surface area (Å²) < 4.78 is 28.8. The second-order valence-electron chi connectivity index (χ2n) is 5.70. The summed E-state index contributed by atoms with van der Waals surface area (Å²) in [4.78, 5) is 1.96. The fourth-order valence-electron chi connectivity index (χ4n) is 2.83. The van der Waals surface area contributed by atoms with Gasteiger partial charge in [-0.15, -0.1) is 0 Å². The monoisotopic (exact) mass is 282 g/mol. The minimum Gasteiger partial charge on any atom is -0.314 e. The maximum atomic E-state index is 14.4. The Balaban J connectivity index is 2.10. The molecule has 2 unspecified atom stereocenters. The number of piperazine rings is 1. The van der Waals surface area contributed by atoms with Crippen LogP contribution in [0.4, 0.5) is 8.78 Å². The Labute approximate surface area is 120 Å². The minimum atomic E-state index is -2.79. The molecule has 1 aromatic carbocycles. The van der Waals surface area contributed by atoms with Crippen molar-refractivity contribution in [2.75, 3.05) is 26.2 Å². The van der Waals surface area contributed by atoms with E-state index in [2.05, 4.69) is 19.2 Å². The van der Waals surface area contributed by atoms with Crippen LogP contribution >= 0.6 is 0 Å². The van der Waals surface area contributed by atoms with Gasteiger partial charge < -0.3 is 5.32 Å². The Hall–Kier alpha value is -1.00. The standard InChI is InChI=1S/C16H24F2N2/c1-3-13(2)15-11-19-9-10-20(15)12-16(17,18)14-7-5-4-6-8-14/h4-8,13,15,19H,3,9-12H2,1-2H3. The number of hydrogen-bond donors (Lipinski definition) is 1. The van der Waals surface area contributed by atoms with Crippen LogP contribution in [0.25, 0.3) is 0 Å². The van der Waals surface area contributed by atoms with E-state index in [-0.39, 0.29) is 18.2 Å². The fourth-order valence-corrected chi connectivity index (χ4v) is 2.83. The van der Waals surface area contributed by atoms with E-state index in [0.29, 0.717) is 12.5 Å². The molecular formula is C16H24F2N2. The van der Waals surface area contributed by atoms with Gasteiger partial charge in [-0.1, -0.05) is 50.6 Å². The molecule has 1 fully saturated rings. The van der Waals surface area contributed by atoms with E-state index in [4.69, 9.17) is 0 Å². The molecule has 20 heavy (non-hydrogen) atoms. The van der Waals surface area contributed by atoms with Gasteiger partial charge >= 0.3 is 0 Å². The van der Waals surface area contributed by atoms with Gasteiger partial charge in [0.05, 0.1) is 6.54 Å². The van der Waals surface area contributed by atoms with E-state index in [1.807, 2.05) is 4.90 Å². The lowest BCUT2D eigenvalue weighted by Crippen LogP contribution is -2.56. The summed E-state index contributed by atoms with van der Waals surface area (Å²) in [6.45, 7) is 6.36. The molecule has 0 aromatic heterocycles. The maximum Gasteiger partial charge on any atom is 0.285 e. The summed E-state index contributed by atoms with van der Waals surface area (Å²) in [6.07, 6.45) is 1.01. The Bertz CT molecular complexity index is 408. The highest BCUT2D eigenvalue weighted by Gasteiger charge is 2.37. The molecule has 2 rings (SSSR count). The summed E-state index contributed by atoms with van der Waals surface area (Å²) in [7, 11) is 0. The summed E-state index contributed by atoms with van der Waals surface area (Å²) in [5.74, 6) is -2.36. The molecule has 1 heterocycles. The smallest absolute Gasteiger partial charge is 0.285 e. The number of hydrogen-bond acceptors (Lipinski definition) is 2. The molecule has 1 aromatic rings. The molecule has 0 amide bonds. The number of halogens is 2. The second kappa shape index (κ2) is 6.64. The summed E-state index contributed by atoms with van der Waals surface area (Å²) in [5, 5.41) is 3.32. The third-order valence-corrected chi connectivity index (χ3v) is 4.30. The normalized spacial score (nSPS) is 22.7. The van der Waals surface area contributed by atoms with Gasteiger partial charge in [-0.3, -0.25) is 4.90 Å². The van der Waals surface area contributed by atoms with Crippen molar-refractivity contribution in [2.45, 2.75) is 32.2 Å². The molecule has 0 spiro atoms. The van der Waals surface area contributed by atoms with E-state index in [1.165, 1.54) is 12.1 Å². The molecule has 1 aliphatic heterocycles. The van der Waals surface area contributed by atoms with Gasteiger partial charge in [-0.2, -0.15) is 8.78 Å². The lowest BCUT2D eigenvalue weighted by Gasteiger charge is -2.41. The predicted octanol–water partition coefficient (Wildman–Crippen LogP) is 3.10. The van der Waals surface area contributed by atoms with Crippen LogP contribution in [0.15, 0.2) is 30.3 Å². The predicted molar refractivity (Wildman–Crippen MR) is 78.0 cm³/mol. The maximum absolute atomic E-state index is 14.4. The van der Waals surface area contributed by atoms with Crippen molar-refractivity contribution in [3.05, 3.63) is 35.9 Å².